The fourth-order valence-electron chi connectivity index (χ4n) is 2.83. The first-order chi connectivity index (χ1) is 8.29. The van der Waals surface area contributed by atoms with E-state index in [1.807, 2.05) is 0 Å². The van der Waals surface area contributed by atoms with Crippen LogP contribution in [0.25, 0.3) is 0 Å². The number of hydrogen-bond donors (Lipinski definition) is 2. The van der Waals surface area contributed by atoms with Crippen molar-refractivity contribution < 1.29 is 5.11 Å². The zero-order chi connectivity index (χ0) is 12.1. The van der Waals surface area contributed by atoms with Crippen LogP contribution >= 0.6 is 11.3 Å². The molecule has 1 fully saturated rings. The zero-order valence-electron chi connectivity index (χ0n) is 10.6. The molecule has 0 unspecified atom stereocenters. The summed E-state index contributed by atoms with van der Waals surface area (Å²) in [5, 5.41) is 17.5. The molecule has 3 atom stereocenters. The topological polar surface area (TPSA) is 32.3 Å². The number of aliphatic hydroxyl groups is 1. The van der Waals surface area contributed by atoms with E-state index in [2.05, 4.69) is 29.1 Å². The minimum Gasteiger partial charge on any atom is -0.396 e. The van der Waals surface area contributed by atoms with Gasteiger partial charge in [0.05, 0.1) is 0 Å². The zero-order valence-corrected chi connectivity index (χ0v) is 11.4. The van der Waals surface area contributed by atoms with Gasteiger partial charge in [0.25, 0.3) is 0 Å². The molecule has 17 heavy (non-hydrogen) atoms. The smallest absolute Gasteiger partial charge is 0.0474 e. The highest BCUT2D eigenvalue weighted by Crippen LogP contribution is 2.24. The minimum absolute atomic E-state index is 0.336. The van der Waals surface area contributed by atoms with Crippen LogP contribution in [0.1, 0.15) is 38.2 Å². The standard InChI is InChI=1S/C14H23NOS/c1-11(8-12-6-7-17-10-12)15-14-5-3-2-4-13(14)9-16/h6-7,10-11,13-16H,2-5,8-9H2,1H3/t11-,13+,14-/m1/s1. The first kappa shape index (κ1) is 13.1. The molecule has 2 rings (SSSR count). The highest BCUT2D eigenvalue weighted by molar-refractivity contribution is 7.07. The van der Waals surface area contributed by atoms with Gasteiger partial charge in [0.1, 0.15) is 0 Å². The maximum atomic E-state index is 9.39. The summed E-state index contributed by atoms with van der Waals surface area (Å²) < 4.78 is 0. The third-order valence-electron chi connectivity index (χ3n) is 3.76. The van der Waals surface area contributed by atoms with Gasteiger partial charge in [-0.05, 0) is 54.5 Å². The van der Waals surface area contributed by atoms with Crippen LogP contribution in [-0.4, -0.2) is 23.8 Å². The summed E-state index contributed by atoms with van der Waals surface area (Å²) in [5.41, 5.74) is 1.42. The molecule has 0 saturated heterocycles. The predicted molar refractivity (Wildman–Crippen MR) is 73.5 cm³/mol. The van der Waals surface area contributed by atoms with E-state index in [9.17, 15) is 5.11 Å². The number of nitrogens with one attached hydrogen (secondary N) is 1. The maximum absolute atomic E-state index is 9.39. The SMILES string of the molecule is C[C@H](Cc1ccsc1)N[C@@H]1CCCC[C@H]1CO. The van der Waals surface area contributed by atoms with E-state index in [1.165, 1.54) is 31.2 Å². The molecule has 1 heterocycles. The number of hydrogen-bond acceptors (Lipinski definition) is 3. The Balaban J connectivity index is 1.82. The van der Waals surface area contributed by atoms with Gasteiger partial charge in [-0.3, -0.25) is 0 Å². The van der Waals surface area contributed by atoms with Crippen molar-refractivity contribution in [2.24, 2.45) is 5.92 Å². The Kier molecular flexibility index (Phi) is 5.01. The summed E-state index contributed by atoms with van der Waals surface area (Å²) in [5.74, 6) is 0.466. The largest absolute Gasteiger partial charge is 0.396 e. The highest BCUT2D eigenvalue weighted by Gasteiger charge is 2.25. The Morgan fingerprint density at radius 3 is 3.00 bits per heavy atom. The molecule has 0 aliphatic heterocycles. The van der Waals surface area contributed by atoms with Crippen molar-refractivity contribution in [3.63, 3.8) is 0 Å². The van der Waals surface area contributed by atoms with Gasteiger partial charge in [0.2, 0.25) is 0 Å². The Hall–Kier alpha value is -0.380. The molecule has 0 amide bonds. The van der Waals surface area contributed by atoms with Crippen LogP contribution in [0.2, 0.25) is 0 Å². The molecule has 0 spiro atoms. The van der Waals surface area contributed by atoms with E-state index in [4.69, 9.17) is 0 Å². The molecule has 1 aromatic rings. The lowest BCUT2D eigenvalue weighted by molar-refractivity contribution is 0.147. The van der Waals surface area contributed by atoms with Gasteiger partial charge < -0.3 is 10.4 Å². The van der Waals surface area contributed by atoms with Crippen molar-refractivity contribution in [2.45, 2.75) is 51.1 Å². The van der Waals surface area contributed by atoms with Gasteiger partial charge in [-0.2, -0.15) is 11.3 Å². The minimum atomic E-state index is 0.336. The molecule has 96 valence electrons. The molecule has 0 aromatic carbocycles. The molecular formula is C14H23NOS. The van der Waals surface area contributed by atoms with E-state index in [1.54, 1.807) is 11.3 Å². The predicted octanol–water partition coefficient (Wildman–Crippen LogP) is 2.82. The lowest BCUT2D eigenvalue weighted by Gasteiger charge is -2.33. The van der Waals surface area contributed by atoms with Crippen molar-refractivity contribution >= 4 is 11.3 Å². The normalized spacial score (nSPS) is 26.9. The summed E-state index contributed by atoms with van der Waals surface area (Å²) >= 11 is 1.76. The van der Waals surface area contributed by atoms with Crippen molar-refractivity contribution in [2.75, 3.05) is 6.61 Å². The maximum Gasteiger partial charge on any atom is 0.0474 e. The highest BCUT2D eigenvalue weighted by atomic mass is 32.1. The second-order valence-electron chi connectivity index (χ2n) is 5.24. The van der Waals surface area contributed by atoms with Gasteiger partial charge in [-0.15, -0.1) is 0 Å². The summed E-state index contributed by atoms with van der Waals surface area (Å²) in [6.45, 7) is 2.59. The molecule has 1 saturated carbocycles. The molecular weight excluding hydrogens is 230 g/mol. The Morgan fingerprint density at radius 2 is 2.29 bits per heavy atom. The molecule has 2 nitrogen and oxygen atoms in total. The van der Waals surface area contributed by atoms with Crippen molar-refractivity contribution in [1.82, 2.24) is 5.32 Å². The molecule has 3 heteroatoms. The van der Waals surface area contributed by atoms with Crippen LogP contribution in [-0.2, 0) is 6.42 Å². The first-order valence-corrected chi connectivity index (χ1v) is 7.62. The van der Waals surface area contributed by atoms with Crippen molar-refractivity contribution in [1.29, 1.82) is 0 Å². The first-order valence-electron chi connectivity index (χ1n) is 6.67. The van der Waals surface area contributed by atoms with E-state index in [0.29, 0.717) is 24.6 Å². The summed E-state index contributed by atoms with van der Waals surface area (Å²) in [6.07, 6.45) is 6.08. The second kappa shape index (κ2) is 6.53. The van der Waals surface area contributed by atoms with E-state index in [-0.39, 0.29) is 0 Å². The number of rotatable bonds is 5. The van der Waals surface area contributed by atoms with Gasteiger partial charge in [-0.1, -0.05) is 12.8 Å². The number of thiophene rings is 1. The summed E-state index contributed by atoms with van der Waals surface area (Å²) in [4.78, 5) is 0. The van der Waals surface area contributed by atoms with Crippen LogP contribution < -0.4 is 5.32 Å². The van der Waals surface area contributed by atoms with E-state index in [0.717, 1.165) is 6.42 Å². The lowest BCUT2D eigenvalue weighted by atomic mass is 9.84. The van der Waals surface area contributed by atoms with Crippen LogP contribution in [0, 0.1) is 5.92 Å². The van der Waals surface area contributed by atoms with Crippen LogP contribution in [0.4, 0.5) is 0 Å². The van der Waals surface area contributed by atoms with E-state index < -0.39 is 0 Å². The van der Waals surface area contributed by atoms with Crippen molar-refractivity contribution in [3.8, 4) is 0 Å². The summed E-state index contributed by atoms with van der Waals surface area (Å²) in [6, 6.07) is 3.22. The molecule has 1 aliphatic rings. The number of aliphatic hydroxyl groups excluding tert-OH is 1. The fourth-order valence-corrected chi connectivity index (χ4v) is 3.51. The van der Waals surface area contributed by atoms with Gasteiger partial charge in [0, 0.05) is 18.7 Å². The second-order valence-corrected chi connectivity index (χ2v) is 6.02. The molecule has 0 radical (unpaired) electrons. The average Bonchev–Trinajstić information content (AvgIpc) is 2.82. The molecule has 2 N–H and O–H groups in total. The van der Waals surface area contributed by atoms with Gasteiger partial charge in [0.15, 0.2) is 0 Å². The van der Waals surface area contributed by atoms with Gasteiger partial charge >= 0.3 is 0 Å². The Morgan fingerprint density at radius 1 is 1.47 bits per heavy atom. The molecule has 0 bridgehead atoms. The lowest BCUT2D eigenvalue weighted by Crippen LogP contribution is -2.45. The Bertz CT molecular complexity index is 312. The monoisotopic (exact) mass is 253 g/mol. The average molecular weight is 253 g/mol. The fraction of sp³-hybridized carbons (Fsp3) is 0.714. The molecule has 1 aliphatic carbocycles. The van der Waals surface area contributed by atoms with E-state index >= 15 is 0 Å². The summed E-state index contributed by atoms with van der Waals surface area (Å²) in [7, 11) is 0. The van der Waals surface area contributed by atoms with Crippen molar-refractivity contribution in [3.05, 3.63) is 22.4 Å². The third-order valence-corrected chi connectivity index (χ3v) is 4.50. The Labute approximate surface area is 108 Å². The molecule has 1 aromatic heterocycles. The van der Waals surface area contributed by atoms with Crippen LogP contribution in [0.15, 0.2) is 16.8 Å². The van der Waals surface area contributed by atoms with Gasteiger partial charge in [-0.25, -0.2) is 0 Å². The third kappa shape index (κ3) is 3.80. The van der Waals surface area contributed by atoms with Crippen LogP contribution in [0.3, 0.4) is 0 Å². The quantitative estimate of drug-likeness (QED) is 0.846. The van der Waals surface area contributed by atoms with Crippen LogP contribution in [0.5, 0.6) is 0 Å².